The van der Waals surface area contributed by atoms with Gasteiger partial charge in [-0.05, 0) is 48.1 Å². The minimum absolute atomic E-state index is 0.253. The minimum atomic E-state index is -0.454. The van der Waals surface area contributed by atoms with E-state index in [1.807, 2.05) is 48.7 Å². The third-order valence-corrected chi connectivity index (χ3v) is 5.48. The highest BCUT2D eigenvalue weighted by Crippen LogP contribution is 2.31. The molecule has 0 radical (unpaired) electrons. The van der Waals surface area contributed by atoms with Crippen molar-refractivity contribution < 1.29 is 9.53 Å². The summed E-state index contributed by atoms with van der Waals surface area (Å²) in [7, 11) is 0. The van der Waals surface area contributed by atoms with Crippen LogP contribution >= 0.6 is 11.8 Å². The molecule has 2 N–H and O–H groups in total. The molecule has 0 aliphatic rings. The minimum Gasteiger partial charge on any atom is -0.462 e. The molecule has 0 atom stereocenters. The number of thioether (sulfide) groups is 1. The number of para-hydroxylation sites is 1. The van der Waals surface area contributed by atoms with Crippen LogP contribution < -0.4 is 10.6 Å². The molecular formula is C26H23N5O2S. The maximum absolute atomic E-state index is 12.6. The molecule has 0 fully saturated rings. The topological polar surface area (TPSA) is 110 Å². The zero-order valence-electron chi connectivity index (χ0n) is 18.8. The summed E-state index contributed by atoms with van der Waals surface area (Å²) < 4.78 is 5.21. The Bertz CT molecular complexity index is 1270. The normalized spacial score (nSPS) is 10.6. The van der Waals surface area contributed by atoms with Gasteiger partial charge in [0.15, 0.2) is 11.4 Å². The Balaban J connectivity index is 1.90. The summed E-state index contributed by atoms with van der Waals surface area (Å²) in [6.45, 7) is 2.44. The Morgan fingerprint density at radius 3 is 2.50 bits per heavy atom. The van der Waals surface area contributed by atoms with Gasteiger partial charge in [-0.25, -0.2) is 9.79 Å². The van der Waals surface area contributed by atoms with Crippen LogP contribution in [0.3, 0.4) is 0 Å². The van der Waals surface area contributed by atoms with Crippen LogP contribution in [0.1, 0.15) is 28.4 Å². The quantitative estimate of drug-likeness (QED) is 0.156. The summed E-state index contributed by atoms with van der Waals surface area (Å²) in [6, 6.07) is 22.7. The van der Waals surface area contributed by atoms with Gasteiger partial charge in [0.2, 0.25) is 0 Å². The summed E-state index contributed by atoms with van der Waals surface area (Å²) in [5.41, 5.74) is 4.82. The fourth-order valence-corrected chi connectivity index (χ4v) is 3.64. The van der Waals surface area contributed by atoms with Crippen molar-refractivity contribution >= 4 is 34.3 Å². The van der Waals surface area contributed by atoms with Crippen LogP contribution in [0.5, 0.6) is 0 Å². The van der Waals surface area contributed by atoms with E-state index in [9.17, 15) is 10.1 Å². The van der Waals surface area contributed by atoms with E-state index in [2.05, 4.69) is 21.7 Å². The van der Waals surface area contributed by atoms with Gasteiger partial charge in [-0.3, -0.25) is 5.32 Å². The van der Waals surface area contributed by atoms with E-state index in [1.54, 1.807) is 37.4 Å². The lowest BCUT2D eigenvalue weighted by molar-refractivity contribution is 0.0527. The number of nitriles is 2. The molecule has 0 heterocycles. The van der Waals surface area contributed by atoms with E-state index in [-0.39, 0.29) is 6.61 Å². The number of hydrogen-bond acceptors (Lipinski definition) is 7. The van der Waals surface area contributed by atoms with Crippen LogP contribution in [0, 0.1) is 22.8 Å². The van der Waals surface area contributed by atoms with Crippen molar-refractivity contribution in [2.45, 2.75) is 13.5 Å². The van der Waals surface area contributed by atoms with Gasteiger partial charge < -0.3 is 10.1 Å². The molecule has 0 aliphatic heterocycles. The number of carbonyl (C=O) groups is 1. The number of carbonyl (C=O) groups excluding carboxylic acids is 1. The van der Waals surface area contributed by atoms with Gasteiger partial charge >= 0.3 is 5.97 Å². The van der Waals surface area contributed by atoms with E-state index < -0.39 is 5.97 Å². The number of aliphatic imine (C=N–C) groups is 1. The van der Waals surface area contributed by atoms with Crippen LogP contribution in [-0.2, 0) is 11.3 Å². The smallest absolute Gasteiger partial charge is 0.340 e. The van der Waals surface area contributed by atoms with Crippen molar-refractivity contribution in [3.8, 4) is 23.4 Å². The Labute approximate surface area is 203 Å². The maximum Gasteiger partial charge on any atom is 0.340 e. The second-order valence-corrected chi connectivity index (χ2v) is 7.78. The predicted octanol–water partition coefficient (Wildman–Crippen LogP) is 5.44. The van der Waals surface area contributed by atoms with Crippen LogP contribution in [0.25, 0.3) is 11.1 Å². The molecule has 8 heteroatoms. The van der Waals surface area contributed by atoms with Crippen LogP contribution in [0.2, 0.25) is 0 Å². The maximum atomic E-state index is 12.6. The SMILES string of the molecule is CCOC(=O)c1cccc(N=C(NC#N)SC)c1NCc1ccc(-c2ccccc2C#N)cc1. The first-order chi connectivity index (χ1) is 16.6. The van der Waals surface area contributed by atoms with Crippen molar-refractivity contribution in [1.82, 2.24) is 5.32 Å². The largest absolute Gasteiger partial charge is 0.462 e. The zero-order chi connectivity index (χ0) is 24.3. The Kier molecular flexibility index (Phi) is 8.67. The molecule has 0 aliphatic carbocycles. The third kappa shape index (κ3) is 5.94. The van der Waals surface area contributed by atoms with Gasteiger partial charge in [-0.1, -0.05) is 60.3 Å². The highest BCUT2D eigenvalue weighted by molar-refractivity contribution is 8.13. The highest BCUT2D eigenvalue weighted by Gasteiger charge is 2.16. The molecule has 0 saturated heterocycles. The monoisotopic (exact) mass is 469 g/mol. The van der Waals surface area contributed by atoms with Gasteiger partial charge in [0.05, 0.1) is 35.2 Å². The molecule has 0 amide bonds. The fraction of sp³-hybridized carbons (Fsp3) is 0.154. The summed E-state index contributed by atoms with van der Waals surface area (Å²) in [6.07, 6.45) is 3.67. The molecule has 34 heavy (non-hydrogen) atoms. The number of rotatable bonds is 7. The van der Waals surface area contributed by atoms with Gasteiger partial charge in [0.25, 0.3) is 0 Å². The molecule has 170 valence electrons. The van der Waals surface area contributed by atoms with Crippen molar-refractivity contribution in [3.05, 3.63) is 83.4 Å². The second kappa shape index (κ2) is 12.1. The molecule has 3 rings (SSSR count). The van der Waals surface area contributed by atoms with Crippen molar-refractivity contribution in [2.75, 3.05) is 18.2 Å². The van der Waals surface area contributed by atoms with Crippen molar-refractivity contribution in [2.24, 2.45) is 4.99 Å². The zero-order valence-corrected chi connectivity index (χ0v) is 19.6. The van der Waals surface area contributed by atoms with Gasteiger partial charge in [0, 0.05) is 6.54 Å². The first-order valence-corrected chi connectivity index (χ1v) is 11.7. The molecule has 3 aromatic rings. The molecule has 7 nitrogen and oxygen atoms in total. The van der Waals surface area contributed by atoms with Crippen LogP contribution in [-0.4, -0.2) is 24.0 Å². The second-order valence-electron chi connectivity index (χ2n) is 6.99. The lowest BCUT2D eigenvalue weighted by atomic mass is 9.99. The number of hydrogen-bond donors (Lipinski definition) is 2. The number of nitrogens with one attached hydrogen (secondary N) is 2. The van der Waals surface area contributed by atoms with E-state index in [1.165, 1.54) is 11.8 Å². The molecule has 0 aromatic heterocycles. The summed E-state index contributed by atoms with van der Waals surface area (Å²) in [5.74, 6) is -0.454. The highest BCUT2D eigenvalue weighted by atomic mass is 32.2. The Morgan fingerprint density at radius 2 is 1.82 bits per heavy atom. The van der Waals surface area contributed by atoms with Gasteiger partial charge in [-0.15, -0.1) is 0 Å². The number of benzene rings is 3. The Morgan fingerprint density at radius 1 is 1.06 bits per heavy atom. The lowest BCUT2D eigenvalue weighted by Crippen LogP contribution is -2.13. The molecule has 0 bridgehead atoms. The van der Waals surface area contributed by atoms with Gasteiger partial charge in [0.1, 0.15) is 0 Å². The standard InChI is InChI=1S/C26H23N5O2S/c1-3-33-25(32)22-9-6-10-23(31-26(34-2)30-17-28)24(22)29-16-18-11-13-19(14-12-18)21-8-5-4-7-20(21)15-27/h4-14,29H,3,16H2,1-2H3,(H,30,31). The third-order valence-electron chi connectivity index (χ3n) is 4.90. The predicted molar refractivity (Wildman–Crippen MR) is 136 cm³/mol. The lowest BCUT2D eigenvalue weighted by Gasteiger charge is -2.15. The van der Waals surface area contributed by atoms with E-state index in [4.69, 9.17) is 10.00 Å². The molecule has 0 spiro atoms. The van der Waals surface area contributed by atoms with E-state index >= 15 is 0 Å². The molecule has 3 aromatic carbocycles. The number of nitrogens with zero attached hydrogens (tertiary/aromatic N) is 3. The molecule has 0 saturated carbocycles. The first-order valence-electron chi connectivity index (χ1n) is 10.5. The van der Waals surface area contributed by atoms with E-state index in [0.29, 0.717) is 34.2 Å². The summed E-state index contributed by atoms with van der Waals surface area (Å²) in [5, 5.41) is 24.6. The average Bonchev–Trinajstić information content (AvgIpc) is 2.87. The van der Waals surface area contributed by atoms with Crippen LogP contribution in [0.4, 0.5) is 11.4 Å². The summed E-state index contributed by atoms with van der Waals surface area (Å²) in [4.78, 5) is 17.1. The number of esters is 1. The van der Waals surface area contributed by atoms with Crippen LogP contribution in [0.15, 0.2) is 71.7 Å². The Hall–Kier alpha value is -4.27. The summed E-state index contributed by atoms with van der Waals surface area (Å²) >= 11 is 1.29. The number of anilines is 1. The van der Waals surface area contributed by atoms with Crippen molar-refractivity contribution in [1.29, 1.82) is 10.5 Å². The number of amidine groups is 1. The average molecular weight is 470 g/mol. The first kappa shape index (κ1) is 24.4. The number of ether oxygens (including phenoxy) is 1. The molecule has 0 unspecified atom stereocenters. The van der Waals surface area contributed by atoms with Crippen molar-refractivity contribution in [3.63, 3.8) is 0 Å². The van der Waals surface area contributed by atoms with Gasteiger partial charge in [-0.2, -0.15) is 10.5 Å². The van der Waals surface area contributed by atoms with E-state index in [0.717, 1.165) is 16.7 Å². The molecular weight excluding hydrogens is 446 g/mol. The fourth-order valence-electron chi connectivity index (χ4n) is 3.30.